The lowest BCUT2D eigenvalue weighted by Crippen LogP contribution is -2.54. The molecule has 0 aromatic rings. The summed E-state index contributed by atoms with van der Waals surface area (Å²) in [6.45, 7) is 4.76. The summed E-state index contributed by atoms with van der Waals surface area (Å²) in [5, 5.41) is 3.60. The molecule has 2 saturated carbocycles. The van der Waals surface area contributed by atoms with E-state index in [4.69, 9.17) is 0 Å². The molecule has 20 heavy (non-hydrogen) atoms. The van der Waals surface area contributed by atoms with E-state index in [0.29, 0.717) is 6.04 Å². The van der Waals surface area contributed by atoms with Crippen LogP contribution in [0, 0.1) is 11.8 Å². The van der Waals surface area contributed by atoms with Gasteiger partial charge in [0.25, 0.3) is 0 Å². The number of nitrogens with zero attached hydrogens (tertiary/aromatic N) is 1. The minimum Gasteiger partial charge on any atom is -0.315 e. The van der Waals surface area contributed by atoms with E-state index in [-0.39, 0.29) is 0 Å². The molecule has 118 valence electrons. The molecule has 3 atom stereocenters. The zero-order valence-corrected chi connectivity index (χ0v) is 14.2. The van der Waals surface area contributed by atoms with Crippen molar-refractivity contribution in [2.45, 2.75) is 89.8 Å². The molecule has 2 aliphatic carbocycles. The minimum absolute atomic E-state index is 0.715. The van der Waals surface area contributed by atoms with Crippen LogP contribution in [-0.4, -0.2) is 37.1 Å². The molecule has 2 aliphatic rings. The number of nitrogens with one attached hydrogen (secondary N) is 1. The fourth-order valence-electron chi connectivity index (χ4n) is 4.61. The molecule has 3 unspecified atom stereocenters. The molecule has 2 rings (SSSR count). The molecule has 0 heterocycles. The van der Waals surface area contributed by atoms with Gasteiger partial charge in [0.05, 0.1) is 0 Å². The Bertz CT molecular complexity index is 271. The molecule has 1 N–H and O–H groups in total. The first-order valence-electron chi connectivity index (χ1n) is 9.04. The molecule has 0 aromatic carbocycles. The maximum Gasteiger partial charge on any atom is 0.0251 e. The van der Waals surface area contributed by atoms with Gasteiger partial charge in [0.2, 0.25) is 0 Å². The third kappa shape index (κ3) is 3.98. The van der Waals surface area contributed by atoms with Crippen LogP contribution >= 0.6 is 0 Å². The van der Waals surface area contributed by atoms with Crippen molar-refractivity contribution in [3.63, 3.8) is 0 Å². The van der Waals surface area contributed by atoms with E-state index in [9.17, 15) is 0 Å². The molecule has 0 spiro atoms. The Balaban J connectivity index is 1.94. The first-order chi connectivity index (χ1) is 9.65. The van der Waals surface area contributed by atoms with Gasteiger partial charge in [-0.1, -0.05) is 26.7 Å². The van der Waals surface area contributed by atoms with E-state index >= 15 is 0 Å². The summed E-state index contributed by atoms with van der Waals surface area (Å²) in [7, 11) is 4.57. The highest BCUT2D eigenvalue weighted by atomic mass is 15.2. The highest BCUT2D eigenvalue weighted by Crippen LogP contribution is 2.34. The number of hydrogen-bond acceptors (Lipinski definition) is 2. The van der Waals surface area contributed by atoms with Crippen molar-refractivity contribution < 1.29 is 0 Å². The third-order valence-electron chi connectivity index (χ3n) is 6.08. The van der Waals surface area contributed by atoms with Crippen molar-refractivity contribution >= 4 is 0 Å². The van der Waals surface area contributed by atoms with Gasteiger partial charge >= 0.3 is 0 Å². The monoisotopic (exact) mass is 280 g/mol. The SMILES string of the molecule is CCCC1CCC(NC)C(N(C)C2CCC(C)CC2)C1. The van der Waals surface area contributed by atoms with Crippen molar-refractivity contribution in [2.75, 3.05) is 14.1 Å². The van der Waals surface area contributed by atoms with E-state index in [1.54, 1.807) is 0 Å². The molecular formula is C18H36N2. The van der Waals surface area contributed by atoms with Crippen LogP contribution in [0.1, 0.15) is 71.6 Å². The van der Waals surface area contributed by atoms with Crippen LogP contribution in [0.3, 0.4) is 0 Å². The maximum atomic E-state index is 3.60. The second kappa shape index (κ2) is 7.79. The molecule has 0 aromatic heterocycles. The predicted octanol–water partition coefficient (Wildman–Crippen LogP) is 4.05. The average Bonchev–Trinajstić information content (AvgIpc) is 2.47. The Hall–Kier alpha value is -0.0800. The minimum atomic E-state index is 0.715. The lowest BCUT2D eigenvalue weighted by Gasteiger charge is -2.46. The second-order valence-corrected chi connectivity index (χ2v) is 7.51. The molecule has 2 nitrogen and oxygen atoms in total. The van der Waals surface area contributed by atoms with E-state index < -0.39 is 0 Å². The maximum absolute atomic E-state index is 3.60. The molecule has 0 aliphatic heterocycles. The van der Waals surface area contributed by atoms with Crippen molar-refractivity contribution in [1.82, 2.24) is 10.2 Å². The lowest BCUT2D eigenvalue weighted by molar-refractivity contribution is 0.0614. The zero-order chi connectivity index (χ0) is 14.5. The first kappa shape index (κ1) is 16.3. The van der Waals surface area contributed by atoms with Gasteiger partial charge in [-0.25, -0.2) is 0 Å². The molecule has 0 amide bonds. The summed E-state index contributed by atoms with van der Waals surface area (Å²) in [6.07, 6.45) is 12.7. The number of hydrogen-bond donors (Lipinski definition) is 1. The summed E-state index contributed by atoms with van der Waals surface area (Å²) in [5.41, 5.74) is 0. The van der Waals surface area contributed by atoms with Gasteiger partial charge in [0.1, 0.15) is 0 Å². The van der Waals surface area contributed by atoms with E-state index in [0.717, 1.165) is 23.9 Å². The zero-order valence-electron chi connectivity index (χ0n) is 14.2. The summed E-state index contributed by atoms with van der Waals surface area (Å²) in [5.74, 6) is 1.93. The normalized spacial score (nSPS) is 39.1. The Labute approximate surface area is 126 Å². The van der Waals surface area contributed by atoms with Crippen molar-refractivity contribution in [2.24, 2.45) is 11.8 Å². The Morgan fingerprint density at radius 1 is 1.05 bits per heavy atom. The third-order valence-corrected chi connectivity index (χ3v) is 6.08. The first-order valence-corrected chi connectivity index (χ1v) is 9.04. The fourth-order valence-corrected chi connectivity index (χ4v) is 4.61. The predicted molar refractivity (Wildman–Crippen MR) is 88.1 cm³/mol. The summed E-state index contributed by atoms with van der Waals surface area (Å²) < 4.78 is 0. The molecule has 0 saturated heterocycles. The van der Waals surface area contributed by atoms with Gasteiger partial charge in [-0.15, -0.1) is 0 Å². The van der Waals surface area contributed by atoms with Crippen LogP contribution in [-0.2, 0) is 0 Å². The number of likely N-dealkylation sites (N-methyl/N-ethyl adjacent to an activating group) is 2. The Morgan fingerprint density at radius 3 is 2.35 bits per heavy atom. The van der Waals surface area contributed by atoms with Crippen LogP contribution in [0.25, 0.3) is 0 Å². The lowest BCUT2D eigenvalue weighted by atomic mass is 9.78. The molecule has 2 heteroatoms. The van der Waals surface area contributed by atoms with E-state index in [1.165, 1.54) is 57.8 Å². The summed E-state index contributed by atoms with van der Waals surface area (Å²) >= 11 is 0. The van der Waals surface area contributed by atoms with Crippen molar-refractivity contribution in [3.05, 3.63) is 0 Å². The topological polar surface area (TPSA) is 15.3 Å². The number of rotatable bonds is 5. The van der Waals surface area contributed by atoms with Crippen LogP contribution in [0.5, 0.6) is 0 Å². The van der Waals surface area contributed by atoms with Gasteiger partial charge in [-0.05, 0) is 70.9 Å². The summed E-state index contributed by atoms with van der Waals surface area (Å²) in [4.78, 5) is 2.76. The van der Waals surface area contributed by atoms with Crippen molar-refractivity contribution in [1.29, 1.82) is 0 Å². The van der Waals surface area contributed by atoms with Crippen molar-refractivity contribution in [3.8, 4) is 0 Å². The van der Waals surface area contributed by atoms with Gasteiger partial charge < -0.3 is 5.32 Å². The second-order valence-electron chi connectivity index (χ2n) is 7.51. The highest BCUT2D eigenvalue weighted by molar-refractivity contribution is 4.92. The van der Waals surface area contributed by atoms with Crippen LogP contribution in [0.2, 0.25) is 0 Å². The fraction of sp³-hybridized carbons (Fsp3) is 1.00. The van der Waals surface area contributed by atoms with Crippen LogP contribution < -0.4 is 5.32 Å². The largest absolute Gasteiger partial charge is 0.315 e. The van der Waals surface area contributed by atoms with Crippen LogP contribution in [0.4, 0.5) is 0 Å². The Kier molecular flexibility index (Phi) is 6.35. The smallest absolute Gasteiger partial charge is 0.0251 e. The van der Waals surface area contributed by atoms with Gasteiger partial charge in [-0.3, -0.25) is 4.90 Å². The van der Waals surface area contributed by atoms with Gasteiger partial charge in [0, 0.05) is 18.1 Å². The standard InChI is InChI=1S/C18H36N2/c1-5-6-15-9-12-17(19-3)18(13-15)20(4)16-10-7-14(2)8-11-16/h14-19H,5-13H2,1-4H3. The molecule has 2 fully saturated rings. The quantitative estimate of drug-likeness (QED) is 0.817. The van der Waals surface area contributed by atoms with E-state index in [2.05, 4.69) is 38.2 Å². The van der Waals surface area contributed by atoms with Crippen LogP contribution in [0.15, 0.2) is 0 Å². The molecule has 0 bridgehead atoms. The summed E-state index contributed by atoms with van der Waals surface area (Å²) in [6, 6.07) is 2.32. The van der Waals surface area contributed by atoms with Gasteiger partial charge in [-0.2, -0.15) is 0 Å². The highest BCUT2D eigenvalue weighted by Gasteiger charge is 2.35. The van der Waals surface area contributed by atoms with Gasteiger partial charge in [0.15, 0.2) is 0 Å². The Morgan fingerprint density at radius 2 is 1.75 bits per heavy atom. The average molecular weight is 281 g/mol. The molecular weight excluding hydrogens is 244 g/mol. The molecule has 0 radical (unpaired) electrons. The van der Waals surface area contributed by atoms with E-state index in [1.807, 2.05) is 0 Å².